The van der Waals surface area contributed by atoms with Gasteiger partial charge in [0.2, 0.25) is 7.29 Å². The van der Waals surface area contributed by atoms with Crippen molar-refractivity contribution < 1.29 is 9.46 Å². The monoisotopic (exact) mass is 426 g/mol. The van der Waals surface area contributed by atoms with Crippen LogP contribution in [0, 0.1) is 0 Å². The van der Waals surface area contributed by atoms with Crippen LogP contribution in [0.2, 0.25) is 0 Å². The fourth-order valence-corrected chi connectivity index (χ4v) is 8.97. The highest BCUT2D eigenvalue weighted by molar-refractivity contribution is 7.69. The molecule has 2 atom stereocenters. The number of hydrogen-bond donors (Lipinski definition) is 1. The molecule has 0 radical (unpaired) electrons. The number of likely N-dealkylation sites (tertiary alicyclic amines) is 1. The lowest BCUT2D eigenvalue weighted by Crippen LogP contribution is -3.13. The molecule has 4 nitrogen and oxygen atoms in total. The minimum atomic E-state index is -2.80. The van der Waals surface area contributed by atoms with Crippen LogP contribution in [0.15, 0.2) is 54.6 Å². The van der Waals surface area contributed by atoms with Gasteiger partial charge >= 0.3 is 0 Å². The molecule has 2 aromatic carbocycles. The number of nitrogens with one attached hydrogen (secondary N) is 1. The van der Waals surface area contributed by atoms with E-state index in [9.17, 15) is 0 Å². The van der Waals surface area contributed by atoms with Crippen molar-refractivity contribution in [3.8, 4) is 0 Å². The van der Waals surface area contributed by atoms with Crippen LogP contribution in [-0.4, -0.2) is 44.9 Å². The second kappa shape index (κ2) is 9.68. The lowest BCUT2D eigenvalue weighted by Gasteiger charge is -2.42. The molecule has 2 aliphatic rings. The third-order valence-electron chi connectivity index (χ3n) is 6.84. The van der Waals surface area contributed by atoms with Crippen molar-refractivity contribution in [2.24, 2.45) is 0 Å². The van der Waals surface area contributed by atoms with Gasteiger partial charge in [-0.1, -0.05) is 36.8 Å². The van der Waals surface area contributed by atoms with Gasteiger partial charge in [-0.25, -0.2) is 4.67 Å². The highest BCUT2D eigenvalue weighted by Crippen LogP contribution is 2.59. The van der Waals surface area contributed by atoms with Crippen molar-refractivity contribution in [3.63, 3.8) is 0 Å². The van der Waals surface area contributed by atoms with Gasteiger partial charge in [-0.15, -0.1) is 0 Å². The Morgan fingerprint density at radius 3 is 2.03 bits per heavy atom. The zero-order valence-corrected chi connectivity index (χ0v) is 19.5. The Bertz CT molecular complexity index is 840. The van der Waals surface area contributed by atoms with Crippen LogP contribution in [0.5, 0.6) is 0 Å². The Morgan fingerprint density at radius 1 is 0.833 bits per heavy atom. The van der Waals surface area contributed by atoms with Gasteiger partial charge in [0.1, 0.15) is 0 Å². The molecule has 0 aromatic heterocycles. The fourth-order valence-electron chi connectivity index (χ4n) is 5.21. The number of benzene rings is 2. The molecule has 0 spiro atoms. The van der Waals surface area contributed by atoms with Gasteiger partial charge in [0, 0.05) is 43.7 Å². The summed E-state index contributed by atoms with van der Waals surface area (Å²) in [6.45, 7) is 4.13. The molecule has 5 heteroatoms. The summed E-state index contributed by atoms with van der Waals surface area (Å²) < 4.78 is 17.7. The number of hydrogen-bond acceptors (Lipinski definition) is 2. The highest BCUT2D eigenvalue weighted by atomic mass is 31.2. The van der Waals surface area contributed by atoms with Gasteiger partial charge in [0.15, 0.2) is 5.78 Å². The first-order chi connectivity index (χ1) is 14.6. The molecule has 0 bridgehead atoms. The molecule has 0 amide bonds. The average molecular weight is 427 g/mol. The van der Waals surface area contributed by atoms with E-state index >= 15 is 4.57 Å². The Hall–Kier alpha value is -1.61. The molecule has 0 aliphatic carbocycles. The maximum atomic E-state index is 15.3. The lowest BCUT2D eigenvalue weighted by atomic mass is 10.1. The second-order valence-corrected chi connectivity index (χ2v) is 11.9. The second-order valence-electron chi connectivity index (χ2n) is 9.08. The quantitative estimate of drug-likeness (QED) is 0.710. The Kier molecular flexibility index (Phi) is 6.98. The zero-order valence-electron chi connectivity index (χ0n) is 18.6. The van der Waals surface area contributed by atoms with Crippen LogP contribution in [0.25, 0.3) is 0 Å². The van der Waals surface area contributed by atoms with Crippen LogP contribution in [0.4, 0.5) is 5.69 Å². The molecular formula is C25H37N3OP+. The standard InChI is InChI=1S/C25H36N3OP/c1-26(2)23-16-14-22(15-17-23)25(27-18-8-4-9-19-27)30(29,24-12-6-3-7-13-24)28-20-10-5-11-21-28/h3,6-7,12-17,25H,4-5,8-11,18-21H2,1-2H3/p+1/t25-,30-/m1/s1. The van der Waals surface area contributed by atoms with E-state index in [0.717, 1.165) is 44.3 Å². The molecule has 30 heavy (non-hydrogen) atoms. The van der Waals surface area contributed by atoms with Crippen LogP contribution < -0.4 is 15.1 Å². The van der Waals surface area contributed by atoms with E-state index in [0.29, 0.717) is 0 Å². The third kappa shape index (κ3) is 4.37. The minimum Gasteiger partial charge on any atom is -0.378 e. The fraction of sp³-hybridized carbons (Fsp3) is 0.520. The third-order valence-corrected chi connectivity index (χ3v) is 10.5. The Balaban J connectivity index is 1.83. The van der Waals surface area contributed by atoms with Gasteiger partial charge in [-0.2, -0.15) is 0 Å². The SMILES string of the molecule is CN(C)c1ccc([C@H]([NH+]2CCCCC2)[P@](=O)(c2ccccc2)N2CCCCC2)cc1. The van der Waals surface area contributed by atoms with Gasteiger partial charge in [-0.05, 0) is 56.4 Å². The van der Waals surface area contributed by atoms with Crippen molar-refractivity contribution in [3.05, 3.63) is 60.2 Å². The summed E-state index contributed by atoms with van der Waals surface area (Å²) >= 11 is 0. The number of quaternary nitrogens is 1. The summed E-state index contributed by atoms with van der Waals surface area (Å²) in [6, 6.07) is 19.2. The number of nitrogens with zero attached hydrogens (tertiary/aromatic N) is 2. The molecule has 2 saturated heterocycles. The zero-order chi connectivity index (χ0) is 21.0. The molecule has 2 heterocycles. The minimum absolute atomic E-state index is 0.00881. The molecule has 0 saturated carbocycles. The van der Waals surface area contributed by atoms with Crippen molar-refractivity contribution in [1.29, 1.82) is 0 Å². The Labute approximate surface area is 182 Å². The average Bonchev–Trinajstić information content (AvgIpc) is 2.81. The molecule has 2 fully saturated rings. The molecule has 4 rings (SSSR count). The first kappa shape index (κ1) is 21.6. The van der Waals surface area contributed by atoms with Gasteiger partial charge in [0.25, 0.3) is 0 Å². The van der Waals surface area contributed by atoms with Gasteiger partial charge in [0.05, 0.1) is 13.1 Å². The first-order valence-corrected chi connectivity index (χ1v) is 13.4. The van der Waals surface area contributed by atoms with Crippen LogP contribution in [-0.2, 0) is 4.57 Å². The van der Waals surface area contributed by atoms with Crippen molar-refractivity contribution in [2.45, 2.75) is 44.3 Å². The molecular weight excluding hydrogens is 389 g/mol. The van der Waals surface area contributed by atoms with Crippen molar-refractivity contribution in [2.75, 3.05) is 45.2 Å². The summed E-state index contributed by atoms with van der Waals surface area (Å²) in [5.41, 5.74) is 2.42. The normalized spacial score (nSPS) is 21.7. The maximum absolute atomic E-state index is 15.3. The van der Waals surface area contributed by atoms with Crippen molar-refractivity contribution >= 4 is 18.3 Å². The van der Waals surface area contributed by atoms with Crippen LogP contribution in [0.1, 0.15) is 49.9 Å². The summed E-state index contributed by atoms with van der Waals surface area (Å²) in [5.74, 6) is 0.00881. The highest BCUT2D eigenvalue weighted by Gasteiger charge is 2.48. The lowest BCUT2D eigenvalue weighted by molar-refractivity contribution is -0.922. The van der Waals surface area contributed by atoms with Gasteiger partial charge in [-0.3, -0.25) is 4.57 Å². The van der Waals surface area contributed by atoms with E-state index in [4.69, 9.17) is 0 Å². The van der Waals surface area contributed by atoms with Crippen LogP contribution in [0.3, 0.4) is 0 Å². The molecule has 0 unspecified atom stereocenters. The number of piperidine rings is 2. The first-order valence-electron chi connectivity index (χ1n) is 11.6. The largest absolute Gasteiger partial charge is 0.378 e. The smallest absolute Gasteiger partial charge is 0.238 e. The predicted octanol–water partition coefficient (Wildman–Crippen LogP) is 3.91. The van der Waals surface area contributed by atoms with E-state index in [1.807, 2.05) is 6.07 Å². The summed E-state index contributed by atoms with van der Waals surface area (Å²) in [7, 11) is 1.34. The molecule has 2 aromatic rings. The van der Waals surface area contributed by atoms with E-state index < -0.39 is 7.29 Å². The van der Waals surface area contributed by atoms with Crippen LogP contribution >= 0.6 is 7.29 Å². The number of anilines is 1. The number of rotatable bonds is 6. The van der Waals surface area contributed by atoms with E-state index in [2.05, 4.69) is 72.2 Å². The predicted molar refractivity (Wildman–Crippen MR) is 127 cm³/mol. The van der Waals surface area contributed by atoms with Gasteiger partial charge < -0.3 is 9.80 Å². The van der Waals surface area contributed by atoms with E-state index in [1.165, 1.54) is 41.8 Å². The molecule has 2 aliphatic heterocycles. The molecule has 162 valence electrons. The van der Waals surface area contributed by atoms with Crippen molar-refractivity contribution in [1.82, 2.24) is 4.67 Å². The summed E-state index contributed by atoms with van der Waals surface area (Å²) in [4.78, 5) is 3.64. The van der Waals surface area contributed by atoms with E-state index in [1.54, 1.807) is 0 Å². The summed E-state index contributed by atoms with van der Waals surface area (Å²) in [6.07, 6.45) is 7.32. The summed E-state index contributed by atoms with van der Waals surface area (Å²) in [5, 5.41) is 1.03. The molecule has 1 N–H and O–H groups in total. The topological polar surface area (TPSA) is 28.0 Å². The Morgan fingerprint density at radius 2 is 1.43 bits per heavy atom. The maximum Gasteiger partial charge on any atom is 0.238 e. The van der Waals surface area contributed by atoms with E-state index in [-0.39, 0.29) is 5.78 Å².